The van der Waals surface area contributed by atoms with E-state index in [0.29, 0.717) is 0 Å². The Kier molecular flexibility index (Phi) is 6.98. The molecule has 1 heterocycles. The second kappa shape index (κ2) is 7.80. The number of hydrogen-bond acceptors (Lipinski definition) is 1. The van der Waals surface area contributed by atoms with Crippen molar-refractivity contribution < 1.29 is 4.73 Å². The molecule has 2 rings (SSSR count). The minimum atomic E-state index is 0.808. The first-order valence-electron chi connectivity index (χ1n) is 5.44. The number of aromatic nitrogens is 1. The zero-order valence-corrected chi connectivity index (χ0v) is 9.90. The molecule has 2 nitrogen and oxygen atoms in total. The molecule has 0 aliphatic heterocycles. The van der Waals surface area contributed by atoms with Gasteiger partial charge in [0.05, 0.1) is 0 Å². The van der Waals surface area contributed by atoms with Crippen molar-refractivity contribution in [3.8, 4) is 0 Å². The van der Waals surface area contributed by atoms with Crippen molar-refractivity contribution in [3.05, 3.63) is 47.9 Å². The Morgan fingerprint density at radius 2 is 1.40 bits per heavy atom. The molecule has 0 atom stereocenters. The van der Waals surface area contributed by atoms with E-state index < -0.39 is 0 Å². The highest BCUT2D eigenvalue weighted by Gasteiger charge is 1.93. The quantitative estimate of drug-likeness (QED) is 0.477. The van der Waals surface area contributed by atoms with Crippen molar-refractivity contribution in [1.29, 1.82) is 0 Å². The van der Waals surface area contributed by atoms with Gasteiger partial charge in [0.2, 0.25) is 0 Å². The predicted molar refractivity (Wildman–Crippen MR) is 65.6 cm³/mol. The van der Waals surface area contributed by atoms with Crippen LogP contribution >= 0.6 is 0 Å². The molecule has 0 aliphatic carbocycles. The maximum absolute atomic E-state index is 10.8. The molecule has 82 valence electrons. The summed E-state index contributed by atoms with van der Waals surface area (Å²) in [6.45, 7) is 8.00. The van der Waals surface area contributed by atoms with Crippen molar-refractivity contribution in [1.82, 2.24) is 0 Å². The Bertz CT molecular complexity index is 385. The van der Waals surface area contributed by atoms with Crippen LogP contribution in [-0.2, 0) is 0 Å². The first-order chi connectivity index (χ1) is 7.36. The normalized spacial score (nSPS) is 8.27. The van der Waals surface area contributed by atoms with Crippen molar-refractivity contribution in [2.24, 2.45) is 0 Å². The van der Waals surface area contributed by atoms with Gasteiger partial charge >= 0.3 is 0 Å². The minimum absolute atomic E-state index is 0.808. The topological polar surface area (TPSA) is 26.9 Å². The molecule has 0 N–H and O–H groups in total. The van der Waals surface area contributed by atoms with Crippen LogP contribution in [0.3, 0.4) is 0 Å². The third-order valence-corrected chi connectivity index (χ3v) is 1.66. The summed E-state index contributed by atoms with van der Waals surface area (Å²) in [6.07, 6.45) is 3.07. The monoisotopic (exact) mass is 205 g/mol. The molecule has 1 aromatic carbocycles. The fourth-order valence-corrected chi connectivity index (χ4v) is 1.11. The largest absolute Gasteiger partial charge is 0.619 e. The van der Waals surface area contributed by atoms with Crippen LogP contribution in [0.4, 0.5) is 0 Å². The van der Waals surface area contributed by atoms with E-state index in [-0.39, 0.29) is 0 Å². The van der Waals surface area contributed by atoms with Crippen LogP contribution in [-0.4, -0.2) is 0 Å². The summed E-state index contributed by atoms with van der Waals surface area (Å²) < 4.78 is 0.808. The Balaban J connectivity index is 0.000000442. The van der Waals surface area contributed by atoms with E-state index in [0.717, 1.165) is 15.5 Å². The number of fused-ring (bicyclic) bond motifs is 1. The van der Waals surface area contributed by atoms with Crippen LogP contribution in [0.5, 0.6) is 0 Å². The summed E-state index contributed by atoms with van der Waals surface area (Å²) in [6, 6.07) is 9.58. The highest BCUT2D eigenvalue weighted by molar-refractivity contribution is 5.80. The van der Waals surface area contributed by atoms with Gasteiger partial charge in [0.1, 0.15) is 0 Å². The minimum Gasteiger partial charge on any atom is -0.619 e. The summed E-state index contributed by atoms with van der Waals surface area (Å²) >= 11 is 0. The number of nitrogens with zero attached hydrogens (tertiary/aromatic N) is 1. The van der Waals surface area contributed by atoms with Gasteiger partial charge < -0.3 is 5.21 Å². The van der Waals surface area contributed by atoms with E-state index >= 15 is 0 Å². The third kappa shape index (κ3) is 3.98. The molecule has 2 aromatic rings. The van der Waals surface area contributed by atoms with Crippen molar-refractivity contribution in [2.45, 2.75) is 27.7 Å². The van der Waals surface area contributed by atoms with Gasteiger partial charge in [-0.2, -0.15) is 4.73 Å². The molecule has 0 saturated heterocycles. The molecule has 0 bridgehead atoms. The number of hydrogen-bond donors (Lipinski definition) is 0. The summed E-state index contributed by atoms with van der Waals surface area (Å²) in [4.78, 5) is 0. The van der Waals surface area contributed by atoms with Crippen LogP contribution in [0.15, 0.2) is 42.7 Å². The van der Waals surface area contributed by atoms with Crippen LogP contribution in [0.2, 0.25) is 0 Å². The van der Waals surface area contributed by atoms with E-state index in [2.05, 4.69) is 0 Å². The Labute approximate surface area is 91.8 Å². The van der Waals surface area contributed by atoms with E-state index in [4.69, 9.17) is 0 Å². The standard InChI is InChI=1S/C9H7NO.2C2H6/c11-10-6-5-8-3-1-2-4-9(8)7-10;2*1-2/h1-7H;2*1-2H3. The van der Waals surface area contributed by atoms with E-state index in [9.17, 15) is 5.21 Å². The number of pyridine rings is 1. The van der Waals surface area contributed by atoms with Gasteiger partial charge in [-0.15, -0.1) is 0 Å². The Morgan fingerprint density at radius 1 is 0.867 bits per heavy atom. The highest BCUT2D eigenvalue weighted by Crippen LogP contribution is 2.08. The SMILES string of the molecule is CC.CC.[O-][n+]1ccc2ccccc2c1. The molecule has 1 aromatic heterocycles. The lowest BCUT2D eigenvalue weighted by atomic mass is 10.2. The lowest BCUT2D eigenvalue weighted by Crippen LogP contribution is -2.23. The van der Waals surface area contributed by atoms with E-state index in [1.54, 1.807) is 6.20 Å². The molecular formula is C13H19NO. The van der Waals surface area contributed by atoms with E-state index in [1.807, 2.05) is 58.0 Å². The Hall–Kier alpha value is -1.57. The fourth-order valence-electron chi connectivity index (χ4n) is 1.11. The number of benzene rings is 1. The van der Waals surface area contributed by atoms with E-state index in [1.165, 1.54) is 6.20 Å². The maximum atomic E-state index is 10.8. The molecule has 0 saturated carbocycles. The van der Waals surface area contributed by atoms with Crippen LogP contribution in [0.1, 0.15) is 27.7 Å². The second-order valence-corrected chi connectivity index (χ2v) is 2.43. The predicted octanol–water partition coefficient (Wildman–Crippen LogP) is 3.53. The molecule has 0 fully saturated rings. The number of rotatable bonds is 0. The first kappa shape index (κ1) is 13.4. The van der Waals surface area contributed by atoms with Crippen LogP contribution < -0.4 is 4.73 Å². The Morgan fingerprint density at radius 3 is 2.00 bits per heavy atom. The maximum Gasteiger partial charge on any atom is 0.188 e. The van der Waals surface area contributed by atoms with Crippen molar-refractivity contribution >= 4 is 10.8 Å². The molecule has 15 heavy (non-hydrogen) atoms. The molecule has 0 radical (unpaired) electrons. The lowest BCUT2D eigenvalue weighted by Gasteiger charge is -1.96. The average molecular weight is 205 g/mol. The second-order valence-electron chi connectivity index (χ2n) is 2.43. The first-order valence-corrected chi connectivity index (χ1v) is 5.44. The van der Waals surface area contributed by atoms with Gasteiger partial charge in [-0.05, 0) is 11.5 Å². The summed E-state index contributed by atoms with van der Waals surface area (Å²) in [7, 11) is 0. The van der Waals surface area contributed by atoms with Gasteiger partial charge in [-0.25, -0.2) is 0 Å². The average Bonchev–Trinajstić information content (AvgIpc) is 2.34. The zero-order chi connectivity index (χ0) is 11.7. The molecule has 0 unspecified atom stereocenters. The smallest absolute Gasteiger partial charge is 0.188 e. The van der Waals surface area contributed by atoms with Crippen molar-refractivity contribution in [2.75, 3.05) is 0 Å². The van der Waals surface area contributed by atoms with Gasteiger partial charge in [0.25, 0.3) is 0 Å². The molecule has 0 aliphatic rings. The molecular weight excluding hydrogens is 186 g/mol. The summed E-state index contributed by atoms with van der Waals surface area (Å²) in [5.74, 6) is 0. The summed E-state index contributed by atoms with van der Waals surface area (Å²) in [5.41, 5.74) is 0. The van der Waals surface area contributed by atoms with Gasteiger partial charge in [-0.3, -0.25) is 0 Å². The molecule has 2 heteroatoms. The van der Waals surface area contributed by atoms with Gasteiger partial charge in [0.15, 0.2) is 12.4 Å². The van der Waals surface area contributed by atoms with Crippen LogP contribution in [0, 0.1) is 5.21 Å². The fraction of sp³-hybridized carbons (Fsp3) is 0.308. The van der Waals surface area contributed by atoms with Crippen molar-refractivity contribution in [3.63, 3.8) is 0 Å². The van der Waals surface area contributed by atoms with Gasteiger partial charge in [-0.1, -0.05) is 45.9 Å². The zero-order valence-electron chi connectivity index (χ0n) is 9.90. The lowest BCUT2D eigenvalue weighted by molar-refractivity contribution is -0.603. The molecule has 0 spiro atoms. The third-order valence-electron chi connectivity index (χ3n) is 1.66. The summed E-state index contributed by atoms with van der Waals surface area (Å²) in [5, 5.41) is 12.9. The van der Waals surface area contributed by atoms with Crippen LogP contribution in [0.25, 0.3) is 10.8 Å². The highest BCUT2D eigenvalue weighted by atomic mass is 16.5. The molecule has 0 amide bonds. The van der Waals surface area contributed by atoms with Gasteiger partial charge in [0, 0.05) is 11.5 Å².